The van der Waals surface area contributed by atoms with E-state index in [2.05, 4.69) is 233 Å². The van der Waals surface area contributed by atoms with Crippen LogP contribution in [-0.2, 0) is 0 Å². The molecule has 0 aliphatic heterocycles. The molecule has 94 heavy (non-hydrogen) atoms. The maximum Gasteiger partial charge on any atom is 0.164 e. The molecule has 0 spiro atoms. The van der Waals surface area contributed by atoms with Crippen LogP contribution in [0.2, 0.25) is 0 Å². The Labute approximate surface area is 543 Å². The molecule has 0 aliphatic rings. The van der Waals surface area contributed by atoms with Crippen molar-refractivity contribution in [3.8, 4) is 90.6 Å². The Balaban J connectivity index is 0.680. The molecule has 13 aromatic carbocycles. The number of hydrogen-bond acceptors (Lipinski definition) is 8. The minimum Gasteiger partial charge on any atom is -0.308 e. The molecule has 8 nitrogen and oxygen atoms in total. The molecule has 0 amide bonds. The maximum absolute atomic E-state index is 5.33. The predicted octanol–water partition coefficient (Wildman–Crippen LogP) is 22.4. The second kappa shape index (κ2) is 19.7. The molecule has 0 radical (unpaired) electrons. The highest BCUT2D eigenvalue weighted by atomic mass is 32.1. The smallest absolute Gasteiger partial charge is 0.164 e. The van der Waals surface area contributed by atoms with Gasteiger partial charge in [-0.3, -0.25) is 0 Å². The topological polar surface area (TPSA) is 86.2 Å². The van der Waals surface area contributed by atoms with Crippen molar-refractivity contribution in [2.24, 2.45) is 0 Å². The summed E-state index contributed by atoms with van der Waals surface area (Å²) in [5, 5.41) is 14.9. The Kier molecular flexibility index (Phi) is 10.8. The number of benzene rings is 13. The lowest BCUT2D eigenvalue weighted by Gasteiger charge is -2.11. The van der Waals surface area contributed by atoms with E-state index in [9.17, 15) is 0 Å². The summed E-state index contributed by atoms with van der Waals surface area (Å²) in [6.45, 7) is 0. The fourth-order valence-electron chi connectivity index (χ4n) is 15.2. The van der Waals surface area contributed by atoms with Crippen molar-refractivity contribution in [3.05, 3.63) is 279 Å². The summed E-state index contributed by atoms with van der Waals surface area (Å²) in [4.78, 5) is 31.2. The van der Waals surface area contributed by atoms with Crippen LogP contribution in [0, 0.1) is 0 Å². The lowest BCUT2D eigenvalue weighted by Crippen LogP contribution is -2.00. The van der Waals surface area contributed by atoms with Crippen molar-refractivity contribution >= 4 is 139 Å². The molecule has 0 fully saturated rings. The maximum atomic E-state index is 5.33. The van der Waals surface area contributed by atoms with Crippen molar-refractivity contribution in [2.75, 3.05) is 0 Å². The van der Waals surface area contributed by atoms with E-state index in [1.807, 2.05) is 77.3 Å². The molecule has 21 rings (SSSR count). The summed E-state index contributed by atoms with van der Waals surface area (Å²) in [6.07, 6.45) is 0. The van der Waals surface area contributed by atoms with Gasteiger partial charge in [0.25, 0.3) is 0 Å². The van der Waals surface area contributed by atoms with E-state index in [1.54, 1.807) is 0 Å². The Bertz CT molecular complexity index is 6650. The van der Waals surface area contributed by atoms with Crippen LogP contribution >= 0.6 is 22.7 Å². The SMILES string of the molecule is c1ccc(-c2nc(-c3ccc(-c4ccc5c6ccc7c(sc8cccc(-c9nc(-c%10ccccc%10)nc(-c%10ccccc%10)n9)c87)c6n6c7ccccc7c4c56)cc3)nc(-c3cccc(-c4cccc5sc6cc7c8cccc9c%10ccccc%10n(c7cc6c45)c98)c3)n2)cc1. The van der Waals surface area contributed by atoms with E-state index in [0.29, 0.717) is 34.9 Å². The van der Waals surface area contributed by atoms with Gasteiger partial charge in [0.2, 0.25) is 0 Å². The fraction of sp³-hybridized carbons (Fsp3) is 0. The van der Waals surface area contributed by atoms with Crippen molar-refractivity contribution in [3.63, 3.8) is 0 Å². The van der Waals surface area contributed by atoms with Crippen LogP contribution in [0.25, 0.3) is 207 Å². The molecule has 434 valence electrons. The van der Waals surface area contributed by atoms with Gasteiger partial charge in [0, 0.05) is 112 Å². The molecule has 8 heterocycles. The molecular weight excluding hydrogens is 1190 g/mol. The Morgan fingerprint density at radius 1 is 0.213 bits per heavy atom. The highest BCUT2D eigenvalue weighted by Crippen LogP contribution is 2.51. The summed E-state index contributed by atoms with van der Waals surface area (Å²) < 4.78 is 9.94. The fourth-order valence-corrected chi connectivity index (χ4v) is 17.6. The summed E-state index contributed by atoms with van der Waals surface area (Å²) in [5.74, 6) is 3.78. The van der Waals surface area contributed by atoms with Gasteiger partial charge in [-0.15, -0.1) is 22.7 Å². The molecule has 0 aliphatic carbocycles. The van der Waals surface area contributed by atoms with Crippen LogP contribution in [0.5, 0.6) is 0 Å². The van der Waals surface area contributed by atoms with Crippen molar-refractivity contribution in [1.29, 1.82) is 0 Å². The van der Waals surface area contributed by atoms with Crippen molar-refractivity contribution in [2.45, 2.75) is 0 Å². The van der Waals surface area contributed by atoms with Crippen LogP contribution < -0.4 is 0 Å². The van der Waals surface area contributed by atoms with Gasteiger partial charge in [-0.05, 0) is 64.7 Å². The van der Waals surface area contributed by atoms with Gasteiger partial charge in [-0.1, -0.05) is 237 Å². The van der Waals surface area contributed by atoms with Crippen LogP contribution in [0.4, 0.5) is 0 Å². The first kappa shape index (κ1) is 51.6. The Hall–Kier alpha value is -12.1. The highest BCUT2D eigenvalue weighted by molar-refractivity contribution is 7.27. The quantitative estimate of drug-likeness (QED) is 0.151. The molecule has 0 saturated carbocycles. The van der Waals surface area contributed by atoms with Gasteiger partial charge in [-0.2, -0.15) is 0 Å². The van der Waals surface area contributed by atoms with Gasteiger partial charge >= 0.3 is 0 Å². The van der Waals surface area contributed by atoms with Gasteiger partial charge in [0.05, 0.1) is 37.8 Å². The first-order chi connectivity index (χ1) is 46.6. The third-order valence-corrected chi connectivity index (χ3v) is 21.6. The standard InChI is InChI=1S/C84H46N8S2/c1-4-18-48(19-5-1)79-85-82(88-83(87-79)53-25-14-24-52(44-53)54-28-16-34-69-72(54)65-45-68-64(46-71(65)93-69)58-30-15-29-57-56-26-10-12-32-66(56)91(68)75(57)58)51-38-36-47(37-39-51)55-40-41-59-60-42-43-62-73-63(84-89-80(49-20-6-2-7-21-49)86-81(90-84)50-22-8-3-9-23-50)31-17-35-70(73)94-78(62)77(60)92-67-33-13-11-27-61(67)74(55)76(59)92/h1-46H. The third-order valence-electron chi connectivity index (χ3n) is 19.3. The largest absolute Gasteiger partial charge is 0.308 e. The van der Waals surface area contributed by atoms with E-state index < -0.39 is 0 Å². The van der Waals surface area contributed by atoms with E-state index in [4.69, 9.17) is 29.9 Å². The summed E-state index contributed by atoms with van der Waals surface area (Å²) >= 11 is 3.70. The highest BCUT2D eigenvalue weighted by Gasteiger charge is 2.26. The molecule has 10 heteroatoms. The minimum absolute atomic E-state index is 0.609. The van der Waals surface area contributed by atoms with Gasteiger partial charge in [0.15, 0.2) is 34.9 Å². The van der Waals surface area contributed by atoms with Crippen molar-refractivity contribution < 1.29 is 0 Å². The zero-order chi connectivity index (χ0) is 61.3. The third kappa shape index (κ3) is 7.48. The van der Waals surface area contributed by atoms with E-state index >= 15 is 0 Å². The average molecular weight is 1230 g/mol. The molecule has 0 atom stereocenters. The first-order valence-corrected chi connectivity index (χ1v) is 33.2. The zero-order valence-electron chi connectivity index (χ0n) is 50.0. The molecule has 0 unspecified atom stereocenters. The first-order valence-electron chi connectivity index (χ1n) is 31.6. The molecule has 0 N–H and O–H groups in total. The van der Waals surface area contributed by atoms with Crippen LogP contribution in [0.1, 0.15) is 0 Å². The number of para-hydroxylation sites is 3. The van der Waals surface area contributed by atoms with Gasteiger partial charge < -0.3 is 8.80 Å². The Morgan fingerprint density at radius 2 is 0.670 bits per heavy atom. The molecule has 0 bridgehead atoms. The second-order valence-corrected chi connectivity index (χ2v) is 26.6. The van der Waals surface area contributed by atoms with Crippen LogP contribution in [0.3, 0.4) is 0 Å². The monoisotopic (exact) mass is 1230 g/mol. The van der Waals surface area contributed by atoms with Crippen molar-refractivity contribution in [1.82, 2.24) is 38.7 Å². The molecule has 21 aromatic rings. The number of nitrogens with zero attached hydrogens (tertiary/aromatic N) is 8. The number of thiophene rings is 2. The Morgan fingerprint density at radius 3 is 1.36 bits per heavy atom. The van der Waals surface area contributed by atoms with E-state index in [-0.39, 0.29) is 0 Å². The normalized spacial score (nSPS) is 12.3. The lowest BCUT2D eigenvalue weighted by atomic mass is 9.96. The number of rotatable bonds is 8. The average Bonchev–Trinajstić information content (AvgIpc) is 1.53. The predicted molar refractivity (Wildman–Crippen MR) is 392 cm³/mol. The summed E-state index contributed by atoms with van der Waals surface area (Å²) in [6, 6.07) is 100.0. The van der Waals surface area contributed by atoms with Gasteiger partial charge in [-0.25, -0.2) is 29.9 Å². The molecule has 0 saturated heterocycles. The number of hydrogen-bond donors (Lipinski definition) is 0. The number of aromatic nitrogens is 8. The van der Waals surface area contributed by atoms with E-state index in [0.717, 1.165) is 55.5 Å². The minimum atomic E-state index is 0.609. The van der Waals surface area contributed by atoms with Gasteiger partial charge in [0.1, 0.15) is 0 Å². The zero-order valence-corrected chi connectivity index (χ0v) is 51.6. The van der Waals surface area contributed by atoms with E-state index in [1.165, 1.54) is 117 Å². The number of fused-ring (bicyclic) bond motifs is 19. The summed E-state index contributed by atoms with van der Waals surface area (Å²) in [7, 11) is 0. The molecular formula is C84H46N8S2. The summed E-state index contributed by atoms with van der Waals surface area (Å²) in [5.41, 5.74) is 17.5. The second-order valence-electron chi connectivity index (χ2n) is 24.4. The van der Waals surface area contributed by atoms with Crippen LogP contribution in [-0.4, -0.2) is 38.7 Å². The molecule has 8 aromatic heterocycles. The van der Waals surface area contributed by atoms with Crippen LogP contribution in [0.15, 0.2) is 279 Å². The lowest BCUT2D eigenvalue weighted by molar-refractivity contribution is 1.07.